The van der Waals surface area contributed by atoms with E-state index in [0.29, 0.717) is 11.6 Å². The number of carbonyl (C=O) groups excluding carboxylic acids is 2. The van der Waals surface area contributed by atoms with Crippen LogP contribution in [0.25, 0.3) is 0 Å². The van der Waals surface area contributed by atoms with Crippen LogP contribution in [0.4, 0.5) is 0 Å². The highest BCUT2D eigenvalue weighted by atomic mass is 32.2. The first kappa shape index (κ1) is 26.1. The molecule has 35 heavy (non-hydrogen) atoms. The van der Waals surface area contributed by atoms with Crippen molar-refractivity contribution in [2.75, 3.05) is 13.4 Å². The summed E-state index contributed by atoms with van der Waals surface area (Å²) in [6.45, 7) is 12.4. The lowest BCUT2D eigenvalue weighted by Gasteiger charge is -2.61. The number of allylic oxidation sites excluding steroid dienone is 1. The zero-order valence-corrected chi connectivity index (χ0v) is 22.5. The Kier molecular flexibility index (Phi) is 6.86. The molecule has 4 rings (SSSR count). The van der Waals surface area contributed by atoms with Crippen molar-refractivity contribution in [2.45, 2.75) is 77.2 Å². The minimum atomic E-state index is -0.848. The van der Waals surface area contributed by atoms with Crippen LogP contribution in [-0.2, 0) is 14.3 Å². The molecule has 0 spiro atoms. The number of thioether (sulfide) groups is 1. The lowest BCUT2D eigenvalue weighted by Crippen LogP contribution is -2.63. The molecule has 0 saturated heterocycles. The fourth-order valence-corrected chi connectivity index (χ4v) is 7.97. The molecule has 0 aliphatic heterocycles. The van der Waals surface area contributed by atoms with Gasteiger partial charge in [-0.1, -0.05) is 38.6 Å². The zero-order valence-electron chi connectivity index (χ0n) is 21.7. The number of nitrogens with zero attached hydrogens (tertiary/aromatic N) is 1. The molecule has 3 fully saturated rings. The van der Waals surface area contributed by atoms with Crippen molar-refractivity contribution in [2.24, 2.45) is 34.0 Å². The molecule has 8 heteroatoms. The van der Waals surface area contributed by atoms with E-state index < -0.39 is 28.5 Å². The van der Waals surface area contributed by atoms with Crippen molar-refractivity contribution < 1.29 is 19.1 Å². The van der Waals surface area contributed by atoms with Gasteiger partial charge in [-0.15, -0.1) is 6.58 Å². The SMILES string of the molecule is C=C[C@]1(C)C[C@@H](OC(=O)c2cnc(SC)[nH]c2=O)[C@@]2(C)C3C(OC)CCC3(CC[C@H]2C)[C@@H](C)C1=O. The Labute approximate surface area is 211 Å². The van der Waals surface area contributed by atoms with Crippen LogP contribution >= 0.6 is 11.8 Å². The van der Waals surface area contributed by atoms with Crippen LogP contribution < -0.4 is 5.56 Å². The van der Waals surface area contributed by atoms with Gasteiger partial charge in [0, 0.05) is 42.4 Å². The standard InChI is InChI=1S/C27H38N2O5S/c1-8-25(4)13-19(34-23(32)17-14-28-24(35-7)29-22(17)31)26(5)15(2)9-11-27(16(3)21(25)30)12-10-18(33-6)20(26)27/h8,14-16,18-20H,1,9-13H2,2-7H3,(H,28,29,31)/t15-,16+,18?,19-,20?,25-,26+,27?/m1/s1. The van der Waals surface area contributed by atoms with Crippen LogP contribution in [0.1, 0.15) is 70.2 Å². The van der Waals surface area contributed by atoms with Gasteiger partial charge in [0.05, 0.1) is 6.10 Å². The molecule has 2 bridgehead atoms. The second kappa shape index (κ2) is 9.18. The van der Waals surface area contributed by atoms with Gasteiger partial charge in [-0.3, -0.25) is 9.59 Å². The van der Waals surface area contributed by atoms with Crippen molar-refractivity contribution >= 4 is 23.5 Å². The van der Waals surface area contributed by atoms with Crippen molar-refractivity contribution in [3.05, 3.63) is 34.8 Å². The van der Waals surface area contributed by atoms with E-state index in [2.05, 4.69) is 37.3 Å². The average Bonchev–Trinajstić information content (AvgIpc) is 3.25. The van der Waals surface area contributed by atoms with E-state index in [9.17, 15) is 14.4 Å². The molecule has 1 N–H and O–H groups in total. The van der Waals surface area contributed by atoms with Gasteiger partial charge in [0.15, 0.2) is 5.16 Å². The quantitative estimate of drug-likeness (QED) is 0.270. The van der Waals surface area contributed by atoms with Crippen molar-refractivity contribution in [1.82, 2.24) is 9.97 Å². The largest absolute Gasteiger partial charge is 0.458 e. The number of aromatic amines is 1. The third kappa shape index (κ3) is 3.82. The molecule has 0 radical (unpaired) electrons. The summed E-state index contributed by atoms with van der Waals surface area (Å²) in [6, 6.07) is 0. The maximum atomic E-state index is 14.0. The van der Waals surface area contributed by atoms with E-state index in [0.717, 1.165) is 25.7 Å². The fourth-order valence-electron chi connectivity index (χ4n) is 7.61. The molecule has 3 saturated carbocycles. The normalized spacial score (nSPS) is 41.0. The number of carbonyl (C=O) groups is 2. The van der Waals surface area contributed by atoms with Gasteiger partial charge in [-0.25, -0.2) is 9.78 Å². The van der Waals surface area contributed by atoms with Gasteiger partial charge in [0.1, 0.15) is 17.5 Å². The van der Waals surface area contributed by atoms with Crippen molar-refractivity contribution in [1.29, 1.82) is 0 Å². The zero-order chi connectivity index (χ0) is 25.8. The number of Topliss-reactive ketones (excluding diaryl/α,β-unsaturated/α-hetero) is 1. The number of rotatable bonds is 5. The van der Waals surface area contributed by atoms with Crippen LogP contribution in [0.2, 0.25) is 0 Å². The summed E-state index contributed by atoms with van der Waals surface area (Å²) in [5, 5.41) is 0.433. The predicted octanol–water partition coefficient (Wildman–Crippen LogP) is 4.67. The van der Waals surface area contributed by atoms with E-state index in [-0.39, 0.29) is 40.6 Å². The van der Waals surface area contributed by atoms with E-state index >= 15 is 0 Å². The van der Waals surface area contributed by atoms with Crippen LogP contribution in [0, 0.1) is 34.0 Å². The molecule has 1 aromatic heterocycles. The first-order valence-electron chi connectivity index (χ1n) is 12.5. The van der Waals surface area contributed by atoms with Crippen molar-refractivity contribution in [3.8, 4) is 0 Å². The highest BCUT2D eigenvalue weighted by molar-refractivity contribution is 7.98. The Bertz CT molecular complexity index is 1090. The second-order valence-corrected chi connectivity index (χ2v) is 12.1. The highest BCUT2D eigenvalue weighted by Crippen LogP contribution is 2.68. The summed E-state index contributed by atoms with van der Waals surface area (Å²) in [5.74, 6) is -0.412. The summed E-state index contributed by atoms with van der Waals surface area (Å²) in [7, 11) is 1.74. The monoisotopic (exact) mass is 502 g/mol. The van der Waals surface area contributed by atoms with E-state index in [1.54, 1.807) is 19.4 Å². The molecule has 1 aromatic rings. The third-order valence-electron chi connectivity index (χ3n) is 9.97. The van der Waals surface area contributed by atoms with Gasteiger partial charge in [-0.2, -0.15) is 0 Å². The van der Waals surface area contributed by atoms with Gasteiger partial charge in [0.2, 0.25) is 0 Å². The number of ether oxygens (including phenoxy) is 2. The van der Waals surface area contributed by atoms with E-state index in [4.69, 9.17) is 9.47 Å². The Morgan fingerprint density at radius 1 is 1.26 bits per heavy atom. The minimum Gasteiger partial charge on any atom is -0.458 e. The van der Waals surface area contributed by atoms with E-state index in [1.807, 2.05) is 6.92 Å². The smallest absolute Gasteiger partial charge is 0.345 e. The molecular weight excluding hydrogens is 464 g/mol. The van der Waals surface area contributed by atoms with Crippen LogP contribution in [0.3, 0.4) is 0 Å². The molecule has 3 unspecified atom stereocenters. The van der Waals surface area contributed by atoms with E-state index in [1.165, 1.54) is 18.0 Å². The van der Waals surface area contributed by atoms with Crippen LogP contribution in [0.5, 0.6) is 0 Å². The summed E-state index contributed by atoms with van der Waals surface area (Å²) in [5.41, 5.74) is -2.16. The summed E-state index contributed by atoms with van der Waals surface area (Å²) in [6.07, 6.45) is 8.21. The molecule has 1 heterocycles. The topological polar surface area (TPSA) is 98.3 Å². The number of ketones is 1. The molecule has 192 valence electrons. The van der Waals surface area contributed by atoms with Gasteiger partial charge in [-0.05, 0) is 50.2 Å². The van der Waals surface area contributed by atoms with Gasteiger partial charge < -0.3 is 14.5 Å². The molecule has 3 aliphatic carbocycles. The Morgan fingerprint density at radius 3 is 2.54 bits per heavy atom. The average molecular weight is 503 g/mol. The highest BCUT2D eigenvalue weighted by Gasteiger charge is 2.68. The second-order valence-electron chi connectivity index (χ2n) is 11.3. The molecule has 3 aliphatic rings. The maximum absolute atomic E-state index is 14.0. The number of H-pyrrole nitrogens is 1. The third-order valence-corrected chi connectivity index (χ3v) is 10.6. The molecule has 8 atom stereocenters. The first-order chi connectivity index (χ1) is 16.5. The summed E-state index contributed by atoms with van der Waals surface area (Å²) in [4.78, 5) is 46.8. The Hall–Kier alpha value is -1.93. The molecule has 0 aromatic carbocycles. The maximum Gasteiger partial charge on any atom is 0.345 e. The number of hydrogen-bond acceptors (Lipinski definition) is 7. The molecular formula is C27H38N2O5S. The Morgan fingerprint density at radius 2 is 1.94 bits per heavy atom. The fraction of sp³-hybridized carbons (Fsp3) is 0.704. The minimum absolute atomic E-state index is 0.0155. The number of methoxy groups -OCH3 is 1. The van der Waals surface area contributed by atoms with Gasteiger partial charge in [0.25, 0.3) is 5.56 Å². The van der Waals surface area contributed by atoms with Crippen molar-refractivity contribution in [3.63, 3.8) is 0 Å². The predicted molar refractivity (Wildman–Crippen MR) is 135 cm³/mol. The summed E-state index contributed by atoms with van der Waals surface area (Å²) < 4.78 is 12.3. The number of nitrogens with one attached hydrogen (secondary N) is 1. The summed E-state index contributed by atoms with van der Waals surface area (Å²) >= 11 is 1.29. The number of hydrogen-bond donors (Lipinski definition) is 1. The molecule has 0 amide bonds. The first-order valence-corrected chi connectivity index (χ1v) is 13.8. The molecule has 7 nitrogen and oxygen atoms in total. The van der Waals surface area contributed by atoms with Gasteiger partial charge >= 0.3 is 5.97 Å². The number of aromatic nitrogens is 2. The van der Waals surface area contributed by atoms with Crippen LogP contribution in [-0.4, -0.2) is 47.3 Å². The lowest BCUT2D eigenvalue weighted by molar-refractivity contribution is -0.189. The van der Waals surface area contributed by atoms with Crippen LogP contribution in [0.15, 0.2) is 28.8 Å². The number of esters is 1. The lowest BCUT2D eigenvalue weighted by atomic mass is 9.44. The Balaban J connectivity index is 1.84.